The van der Waals surface area contributed by atoms with Crippen molar-refractivity contribution in [2.24, 2.45) is 5.14 Å². The molecule has 1 rings (SSSR count). The third-order valence-electron chi connectivity index (χ3n) is 2.62. The molecule has 3 N–H and O–H groups in total. The van der Waals surface area contributed by atoms with Gasteiger partial charge in [-0.3, -0.25) is 0 Å². The second-order valence-corrected chi connectivity index (χ2v) is 7.80. The zero-order valence-electron chi connectivity index (χ0n) is 10.8. The molecule has 0 spiro atoms. The highest BCUT2D eigenvalue weighted by atomic mass is 32.2. The molecule has 0 radical (unpaired) electrons. The molecule has 7 nitrogen and oxygen atoms in total. The maximum Gasteiger partial charge on any atom is 0.238 e. The van der Waals surface area contributed by atoms with Crippen LogP contribution in [0.25, 0.3) is 0 Å². The van der Waals surface area contributed by atoms with Gasteiger partial charge in [-0.05, 0) is 31.0 Å². The van der Waals surface area contributed by atoms with Gasteiger partial charge in [-0.25, -0.2) is 26.7 Å². The van der Waals surface area contributed by atoms with Crippen molar-refractivity contribution in [3.63, 3.8) is 0 Å². The molecule has 1 aromatic carbocycles. The summed E-state index contributed by atoms with van der Waals surface area (Å²) in [7, 11) is -7.36. The van der Waals surface area contributed by atoms with E-state index in [1.165, 1.54) is 19.1 Å². The normalized spacial score (nSPS) is 13.7. The lowest BCUT2D eigenvalue weighted by Gasteiger charge is -2.08. The van der Waals surface area contributed by atoms with E-state index >= 15 is 0 Å². The van der Waals surface area contributed by atoms with Gasteiger partial charge in [0, 0.05) is 6.54 Å². The lowest BCUT2D eigenvalue weighted by molar-refractivity contribution is 0.577. The third kappa shape index (κ3) is 4.57. The van der Waals surface area contributed by atoms with Crippen LogP contribution < -0.4 is 9.86 Å². The number of hydrogen-bond donors (Lipinski definition) is 2. The van der Waals surface area contributed by atoms with Gasteiger partial charge >= 0.3 is 0 Å². The van der Waals surface area contributed by atoms with E-state index in [-0.39, 0.29) is 11.4 Å². The van der Waals surface area contributed by atoms with E-state index in [0.29, 0.717) is 6.42 Å². The van der Waals surface area contributed by atoms with Crippen molar-refractivity contribution in [3.8, 4) is 6.07 Å². The van der Waals surface area contributed by atoms with Crippen molar-refractivity contribution < 1.29 is 16.8 Å². The van der Waals surface area contributed by atoms with Gasteiger partial charge in [0.1, 0.15) is 0 Å². The lowest BCUT2D eigenvalue weighted by atomic mass is 10.2. The average Bonchev–Trinajstić information content (AvgIpc) is 2.37. The van der Waals surface area contributed by atoms with E-state index in [2.05, 4.69) is 4.72 Å². The molecule has 0 saturated carbocycles. The first-order chi connectivity index (χ1) is 9.16. The Morgan fingerprint density at radius 1 is 1.25 bits per heavy atom. The highest BCUT2D eigenvalue weighted by Gasteiger charge is 2.18. The minimum atomic E-state index is -3.73. The summed E-state index contributed by atoms with van der Waals surface area (Å²) in [5.74, 6) is 0. The largest absolute Gasteiger partial charge is 0.238 e. The van der Waals surface area contributed by atoms with Crippen LogP contribution in [0.2, 0.25) is 0 Å². The Labute approximate surface area is 118 Å². The second-order valence-electron chi connectivity index (χ2n) is 4.15. The first-order valence-electron chi connectivity index (χ1n) is 5.66. The van der Waals surface area contributed by atoms with Gasteiger partial charge in [0.15, 0.2) is 5.25 Å². The maximum absolute atomic E-state index is 11.5. The molecule has 1 aromatic rings. The monoisotopic (exact) mass is 317 g/mol. The summed E-state index contributed by atoms with van der Waals surface area (Å²) in [6.07, 6.45) is 0.377. The molecular weight excluding hydrogens is 302 g/mol. The standard InChI is InChI=1S/C11H15N3O4S2/c1-9(8-12)20(17,18)14-7-6-10-2-4-11(5-3-10)19(13,15)16/h2-5,9,14H,6-7H2,1H3,(H2,13,15,16). The third-order valence-corrected chi connectivity index (χ3v) is 5.19. The van der Waals surface area contributed by atoms with Crippen LogP contribution >= 0.6 is 0 Å². The molecule has 0 fully saturated rings. The van der Waals surface area contributed by atoms with Crippen LogP contribution in [0.15, 0.2) is 29.2 Å². The highest BCUT2D eigenvalue weighted by Crippen LogP contribution is 2.09. The summed E-state index contributed by atoms with van der Waals surface area (Å²) < 4.78 is 47.4. The van der Waals surface area contributed by atoms with Gasteiger partial charge in [-0.1, -0.05) is 12.1 Å². The number of nitrogens with two attached hydrogens (primary N) is 1. The molecule has 110 valence electrons. The fourth-order valence-corrected chi connectivity index (χ4v) is 2.67. The maximum atomic E-state index is 11.5. The summed E-state index contributed by atoms with van der Waals surface area (Å²) in [5, 5.41) is 12.4. The van der Waals surface area contributed by atoms with Crippen LogP contribution in [0, 0.1) is 11.3 Å². The number of nitrogens with zero attached hydrogens (tertiary/aromatic N) is 1. The molecule has 1 atom stereocenters. The van der Waals surface area contributed by atoms with Gasteiger partial charge < -0.3 is 0 Å². The van der Waals surface area contributed by atoms with E-state index in [1.54, 1.807) is 18.2 Å². The second kappa shape index (κ2) is 6.32. The van der Waals surface area contributed by atoms with Crippen molar-refractivity contribution in [2.45, 2.75) is 23.5 Å². The predicted octanol–water partition coefficient (Wildman–Crippen LogP) is -0.292. The highest BCUT2D eigenvalue weighted by molar-refractivity contribution is 7.90. The fraction of sp³-hybridized carbons (Fsp3) is 0.364. The van der Waals surface area contributed by atoms with E-state index in [0.717, 1.165) is 5.56 Å². The molecular formula is C11H15N3O4S2. The quantitative estimate of drug-likeness (QED) is 0.744. The Morgan fingerprint density at radius 2 is 1.80 bits per heavy atom. The SMILES string of the molecule is CC(C#N)S(=O)(=O)NCCc1ccc(S(N)(=O)=O)cc1. The molecule has 1 unspecified atom stereocenters. The lowest BCUT2D eigenvalue weighted by Crippen LogP contribution is -2.33. The van der Waals surface area contributed by atoms with Gasteiger partial charge in [-0.15, -0.1) is 0 Å². The predicted molar refractivity (Wildman–Crippen MR) is 73.5 cm³/mol. The minimum absolute atomic E-state index is 0.0000616. The number of nitriles is 1. The number of benzene rings is 1. The smallest absolute Gasteiger partial charge is 0.225 e. The molecule has 0 aliphatic heterocycles. The zero-order valence-corrected chi connectivity index (χ0v) is 12.4. The van der Waals surface area contributed by atoms with Crippen molar-refractivity contribution in [2.75, 3.05) is 6.54 Å². The first kappa shape index (κ1) is 16.6. The molecule has 0 saturated heterocycles. The van der Waals surface area contributed by atoms with Crippen LogP contribution in [0.3, 0.4) is 0 Å². The molecule has 0 aliphatic carbocycles. The first-order valence-corrected chi connectivity index (χ1v) is 8.76. The van der Waals surface area contributed by atoms with Crippen LogP contribution in [-0.4, -0.2) is 28.6 Å². The number of hydrogen-bond acceptors (Lipinski definition) is 5. The Morgan fingerprint density at radius 3 is 2.25 bits per heavy atom. The molecule has 9 heteroatoms. The Balaban J connectivity index is 2.63. The summed E-state index contributed by atoms with van der Waals surface area (Å²) in [4.78, 5) is -0.0000616. The Hall–Kier alpha value is -1.47. The Kier molecular flexibility index (Phi) is 5.24. The van der Waals surface area contributed by atoms with Crippen molar-refractivity contribution >= 4 is 20.0 Å². The number of rotatable bonds is 6. The van der Waals surface area contributed by atoms with Crippen molar-refractivity contribution in [1.29, 1.82) is 5.26 Å². The van der Waals surface area contributed by atoms with Crippen molar-refractivity contribution in [3.05, 3.63) is 29.8 Å². The minimum Gasteiger partial charge on any atom is -0.225 e. The van der Waals surface area contributed by atoms with E-state index in [9.17, 15) is 16.8 Å². The molecule has 0 aromatic heterocycles. The molecule has 0 aliphatic rings. The Bertz CT molecular complexity index is 703. The van der Waals surface area contributed by atoms with Crippen LogP contribution in [0.1, 0.15) is 12.5 Å². The van der Waals surface area contributed by atoms with Gasteiger partial charge in [-0.2, -0.15) is 5.26 Å². The average molecular weight is 317 g/mol. The topological polar surface area (TPSA) is 130 Å². The number of primary sulfonamides is 1. The number of sulfonamides is 2. The fourth-order valence-electron chi connectivity index (χ4n) is 1.38. The summed E-state index contributed by atoms with van der Waals surface area (Å²) in [6, 6.07) is 7.48. The molecule has 0 bridgehead atoms. The summed E-state index contributed by atoms with van der Waals surface area (Å²) in [6.45, 7) is 1.42. The number of nitrogens with one attached hydrogen (secondary N) is 1. The molecule has 0 amide bonds. The zero-order chi connectivity index (χ0) is 15.4. The van der Waals surface area contributed by atoms with Gasteiger partial charge in [0.05, 0.1) is 11.0 Å². The summed E-state index contributed by atoms with van der Waals surface area (Å²) >= 11 is 0. The van der Waals surface area contributed by atoms with Crippen molar-refractivity contribution in [1.82, 2.24) is 4.72 Å². The summed E-state index contributed by atoms with van der Waals surface area (Å²) in [5.41, 5.74) is 0.754. The van der Waals surface area contributed by atoms with Crippen LogP contribution in [-0.2, 0) is 26.5 Å². The molecule has 20 heavy (non-hydrogen) atoms. The van der Waals surface area contributed by atoms with E-state index in [4.69, 9.17) is 10.4 Å². The molecule has 0 heterocycles. The van der Waals surface area contributed by atoms with Gasteiger partial charge in [0.25, 0.3) is 0 Å². The van der Waals surface area contributed by atoms with Crippen LogP contribution in [0.4, 0.5) is 0 Å². The van der Waals surface area contributed by atoms with E-state index < -0.39 is 25.3 Å². The van der Waals surface area contributed by atoms with Gasteiger partial charge in [0.2, 0.25) is 20.0 Å². The van der Waals surface area contributed by atoms with Crippen LogP contribution in [0.5, 0.6) is 0 Å². The van der Waals surface area contributed by atoms with E-state index in [1.807, 2.05) is 0 Å².